The Hall–Kier alpha value is -6.58. The lowest BCUT2D eigenvalue weighted by molar-refractivity contribution is 0.403. The average molecular weight is 953 g/mol. The topological polar surface area (TPSA) is 6.48 Å². The van der Waals surface area contributed by atoms with Gasteiger partial charge in [0.15, 0.2) is 0 Å². The molecule has 0 unspecified atom stereocenters. The molecule has 0 atom stereocenters. The highest BCUT2D eigenvalue weighted by molar-refractivity contribution is 7.00. The Morgan fingerprint density at radius 3 is 1.44 bits per heavy atom. The van der Waals surface area contributed by atoms with Crippen molar-refractivity contribution in [3.63, 3.8) is 0 Å². The van der Waals surface area contributed by atoms with E-state index in [0.29, 0.717) is 0 Å². The molecule has 0 radical (unpaired) electrons. The molecule has 4 aliphatic rings. The lowest BCUT2D eigenvalue weighted by Crippen LogP contribution is -2.61. The van der Waals surface area contributed by atoms with E-state index in [0.717, 1.165) is 18.5 Å². The highest BCUT2D eigenvalue weighted by Gasteiger charge is 2.49. The molecule has 3 heteroatoms. The Kier molecular flexibility index (Phi) is 10.4. The summed E-state index contributed by atoms with van der Waals surface area (Å²) < 4.78 is 0. The lowest BCUT2D eigenvalue weighted by Gasteiger charge is -2.46. The molecular weight excluding hydrogens is 880 g/mol. The first-order chi connectivity index (χ1) is 34.4. The first kappa shape index (κ1) is 47.4. The molecule has 0 saturated heterocycles. The van der Waals surface area contributed by atoms with Gasteiger partial charge in [0.2, 0.25) is 0 Å². The van der Waals surface area contributed by atoms with Gasteiger partial charge in [0, 0.05) is 34.0 Å². The zero-order valence-electron chi connectivity index (χ0n) is 46.0. The minimum atomic E-state index is -0.144. The van der Waals surface area contributed by atoms with Gasteiger partial charge in [-0.3, -0.25) is 0 Å². The summed E-state index contributed by atoms with van der Waals surface area (Å²) in [6.45, 7) is 33.9. The summed E-state index contributed by atoms with van der Waals surface area (Å²) in [5.41, 5.74) is 27.6. The summed E-state index contributed by atoms with van der Waals surface area (Å²) >= 11 is 0. The fourth-order valence-electron chi connectivity index (χ4n) is 14.3. The second-order valence-corrected chi connectivity index (χ2v) is 26.9. The maximum Gasteiger partial charge on any atom is 0.252 e. The first-order valence-corrected chi connectivity index (χ1v) is 27.0. The third-order valence-corrected chi connectivity index (χ3v) is 17.5. The van der Waals surface area contributed by atoms with Gasteiger partial charge in [0.25, 0.3) is 6.71 Å². The van der Waals surface area contributed by atoms with Crippen molar-refractivity contribution in [1.82, 2.24) is 0 Å². The summed E-state index contributed by atoms with van der Waals surface area (Å²) in [6.07, 6.45) is 2.24. The maximum absolute atomic E-state index is 2.73. The molecule has 8 aromatic rings. The largest absolute Gasteiger partial charge is 0.311 e. The van der Waals surface area contributed by atoms with Gasteiger partial charge >= 0.3 is 0 Å². The van der Waals surface area contributed by atoms with Crippen molar-refractivity contribution >= 4 is 57.2 Å². The van der Waals surface area contributed by atoms with Gasteiger partial charge in [0.05, 0.1) is 5.69 Å². The van der Waals surface area contributed by atoms with Gasteiger partial charge in [0.1, 0.15) is 0 Å². The summed E-state index contributed by atoms with van der Waals surface area (Å²) in [6, 6.07) is 63.8. The van der Waals surface area contributed by atoms with Crippen LogP contribution < -0.4 is 26.2 Å². The Morgan fingerprint density at radius 1 is 0.356 bits per heavy atom. The van der Waals surface area contributed by atoms with E-state index in [1.807, 2.05) is 0 Å². The lowest BCUT2D eigenvalue weighted by atomic mass is 9.33. The summed E-state index contributed by atoms with van der Waals surface area (Å²) in [5, 5.41) is 0. The van der Waals surface area contributed by atoms with Crippen LogP contribution in [0.5, 0.6) is 0 Å². The van der Waals surface area contributed by atoms with Crippen molar-refractivity contribution in [3.8, 4) is 33.4 Å². The quantitative estimate of drug-likeness (QED) is 0.159. The molecular formula is C70H73BN2. The molecule has 2 nitrogen and oxygen atoms in total. The highest BCUT2D eigenvalue weighted by Crippen LogP contribution is 2.55. The van der Waals surface area contributed by atoms with E-state index in [2.05, 4.69) is 271 Å². The average Bonchev–Trinajstić information content (AvgIpc) is 3.66. The van der Waals surface area contributed by atoms with Crippen molar-refractivity contribution in [1.29, 1.82) is 0 Å². The van der Waals surface area contributed by atoms with Gasteiger partial charge in [-0.05, 0) is 171 Å². The van der Waals surface area contributed by atoms with Gasteiger partial charge in [-0.15, -0.1) is 0 Å². The van der Waals surface area contributed by atoms with Crippen molar-refractivity contribution in [2.45, 2.75) is 142 Å². The molecule has 8 aromatic carbocycles. The molecule has 2 aliphatic heterocycles. The highest BCUT2D eigenvalue weighted by atomic mass is 15.2. The van der Waals surface area contributed by atoms with Crippen molar-refractivity contribution in [3.05, 3.63) is 197 Å². The predicted octanol–water partition coefficient (Wildman–Crippen LogP) is 17.3. The second kappa shape index (κ2) is 16.0. The third-order valence-electron chi connectivity index (χ3n) is 17.5. The smallest absolute Gasteiger partial charge is 0.252 e. The van der Waals surface area contributed by atoms with Crippen molar-refractivity contribution in [2.24, 2.45) is 0 Å². The van der Waals surface area contributed by atoms with Gasteiger partial charge < -0.3 is 9.80 Å². The number of benzene rings is 8. The minimum Gasteiger partial charge on any atom is -0.311 e. The first-order valence-electron chi connectivity index (χ1n) is 27.0. The zero-order chi connectivity index (χ0) is 51.4. The summed E-state index contributed by atoms with van der Waals surface area (Å²) in [5.74, 6) is 0. The number of rotatable bonds is 5. The Morgan fingerprint density at radius 2 is 0.836 bits per heavy atom. The van der Waals surface area contributed by atoms with Crippen LogP contribution in [-0.2, 0) is 32.5 Å². The molecule has 12 rings (SSSR count). The molecule has 0 spiro atoms. The van der Waals surface area contributed by atoms with Crippen LogP contribution in [0, 0.1) is 0 Å². The Balaban J connectivity index is 1.20. The molecule has 0 fully saturated rings. The zero-order valence-corrected chi connectivity index (χ0v) is 46.0. The van der Waals surface area contributed by atoms with Crippen LogP contribution >= 0.6 is 0 Å². The van der Waals surface area contributed by atoms with Crippen molar-refractivity contribution < 1.29 is 0 Å². The van der Waals surface area contributed by atoms with E-state index in [4.69, 9.17) is 0 Å². The Bertz CT molecular complexity index is 3520. The normalized spacial score (nSPS) is 17.4. The van der Waals surface area contributed by atoms with Crippen LogP contribution in [0.4, 0.5) is 34.1 Å². The van der Waals surface area contributed by atoms with Crippen LogP contribution in [-0.4, -0.2) is 6.71 Å². The molecule has 0 amide bonds. The van der Waals surface area contributed by atoms with Crippen LogP contribution in [0.25, 0.3) is 33.4 Å². The van der Waals surface area contributed by atoms with E-state index < -0.39 is 0 Å². The molecule has 0 N–H and O–H groups in total. The van der Waals surface area contributed by atoms with Gasteiger partial charge in [-0.1, -0.05) is 212 Å². The number of anilines is 6. The second-order valence-electron chi connectivity index (χ2n) is 26.9. The van der Waals surface area contributed by atoms with E-state index in [-0.39, 0.29) is 39.2 Å². The Labute approximate surface area is 437 Å². The van der Waals surface area contributed by atoms with Crippen LogP contribution in [0.2, 0.25) is 0 Å². The summed E-state index contributed by atoms with van der Waals surface area (Å²) in [4.78, 5) is 5.33. The predicted molar refractivity (Wildman–Crippen MR) is 316 cm³/mol. The number of hydrogen-bond acceptors (Lipinski definition) is 2. The molecule has 2 heterocycles. The fourth-order valence-corrected chi connectivity index (χ4v) is 14.3. The van der Waals surface area contributed by atoms with Crippen LogP contribution in [0.15, 0.2) is 164 Å². The molecule has 0 aromatic heterocycles. The maximum atomic E-state index is 2.73. The standard InChI is InChI=1S/C70H73BN2/c1-65(2,3)49-29-34-59(52(37-49)48-27-32-53-54(35-48)68(9,10)42-67(53,7)8)73-61-41-56-55(69(11,12)43-70(56,13)14)40-58(61)71-57-36-47(45-23-19-16-20-24-45)28-33-60(57)72(62-38-50(66(4,5)6)39-63(73)64(62)71)51-30-25-46(26-31-51)44-21-17-15-18-22-44/h15-41H,42-43H2,1-14H3. The van der Waals surface area contributed by atoms with Crippen LogP contribution in [0.1, 0.15) is 143 Å². The molecule has 366 valence electrons. The van der Waals surface area contributed by atoms with Gasteiger partial charge in [-0.2, -0.15) is 0 Å². The van der Waals surface area contributed by atoms with E-state index >= 15 is 0 Å². The summed E-state index contributed by atoms with van der Waals surface area (Å²) in [7, 11) is 0. The fraction of sp³-hybridized carbons (Fsp3) is 0.314. The van der Waals surface area contributed by atoms with E-state index in [9.17, 15) is 0 Å². The van der Waals surface area contributed by atoms with E-state index in [1.165, 1.54) is 112 Å². The molecule has 73 heavy (non-hydrogen) atoms. The minimum absolute atomic E-state index is 0.00316. The molecule has 2 aliphatic carbocycles. The van der Waals surface area contributed by atoms with E-state index in [1.54, 1.807) is 0 Å². The molecule has 0 bridgehead atoms. The van der Waals surface area contributed by atoms with Gasteiger partial charge in [-0.25, -0.2) is 0 Å². The number of fused-ring (bicyclic) bond motifs is 6. The third kappa shape index (κ3) is 7.57. The number of nitrogens with zero attached hydrogens (tertiary/aromatic N) is 2. The molecule has 0 saturated carbocycles. The SMILES string of the molecule is CC(C)(C)c1ccc(N2c3cc4c(cc3B3c5cc(-c6ccccc6)ccc5N(c5ccc(-c6ccccc6)cc5)c5cc(C(C)(C)C)cc2c53)C(C)(C)CC4(C)C)c(-c2ccc3c(c2)C(C)(C)CC3(C)C)c1. The van der Waals surface area contributed by atoms with Crippen molar-refractivity contribution in [2.75, 3.05) is 9.80 Å². The van der Waals surface area contributed by atoms with Crippen LogP contribution in [0.3, 0.4) is 0 Å². The number of hydrogen-bond donors (Lipinski definition) is 0. The monoisotopic (exact) mass is 953 g/mol.